The Morgan fingerprint density at radius 2 is 1.88 bits per heavy atom. The highest BCUT2D eigenvalue weighted by molar-refractivity contribution is 7.86. The molecule has 1 atom stereocenters. The minimum atomic E-state index is -3.84. The van der Waals surface area contributed by atoms with E-state index in [0.29, 0.717) is 19.1 Å². The van der Waals surface area contributed by atoms with Crippen LogP contribution in [0.15, 0.2) is 29.2 Å². The molecule has 0 amide bonds. The molecule has 1 rings (SSSR count). The first-order chi connectivity index (χ1) is 7.99. The number of hydrogen-bond acceptors (Lipinski definition) is 4. The molecule has 0 unspecified atom stereocenters. The maximum atomic E-state index is 11.8. The van der Waals surface area contributed by atoms with E-state index in [-0.39, 0.29) is 4.90 Å². The third kappa shape index (κ3) is 3.94. The molecule has 4 nitrogen and oxygen atoms in total. The van der Waals surface area contributed by atoms with Crippen LogP contribution in [0.1, 0.15) is 25.3 Å². The quantitative estimate of drug-likeness (QED) is 0.577. The molecule has 94 valence electrons. The van der Waals surface area contributed by atoms with Gasteiger partial charge < -0.3 is 4.79 Å². The molecule has 0 aliphatic rings. The zero-order valence-corrected chi connectivity index (χ0v) is 10.7. The van der Waals surface area contributed by atoms with E-state index in [1.54, 1.807) is 12.1 Å². The van der Waals surface area contributed by atoms with Crippen molar-refractivity contribution in [1.82, 2.24) is 0 Å². The van der Waals surface area contributed by atoms with Gasteiger partial charge in [0.05, 0.1) is 4.90 Å². The third-order valence-electron chi connectivity index (χ3n) is 2.28. The topological polar surface area (TPSA) is 60.4 Å². The van der Waals surface area contributed by atoms with Gasteiger partial charge in [0.25, 0.3) is 10.1 Å². The Morgan fingerprint density at radius 3 is 2.35 bits per heavy atom. The van der Waals surface area contributed by atoms with Crippen molar-refractivity contribution in [2.24, 2.45) is 0 Å². The van der Waals surface area contributed by atoms with Crippen molar-refractivity contribution in [3.63, 3.8) is 0 Å². The predicted octanol–water partition coefficient (Wildman–Crippen LogP) is 2.07. The van der Waals surface area contributed by atoms with E-state index in [1.807, 2.05) is 13.8 Å². The summed E-state index contributed by atoms with van der Waals surface area (Å²) in [6, 6.07) is 6.31. The summed E-state index contributed by atoms with van der Waals surface area (Å²) in [5, 5.41) is 0. The van der Waals surface area contributed by atoms with Gasteiger partial charge in [-0.2, -0.15) is 8.42 Å². The van der Waals surface area contributed by atoms with Crippen molar-refractivity contribution < 1.29 is 17.4 Å². The molecular weight excluding hydrogens is 240 g/mol. The first kappa shape index (κ1) is 13.9. The number of benzene rings is 1. The fourth-order valence-corrected chi connectivity index (χ4v) is 2.39. The Balaban J connectivity index is 2.88. The van der Waals surface area contributed by atoms with Gasteiger partial charge in [0.2, 0.25) is 0 Å². The molecule has 0 bridgehead atoms. The van der Waals surface area contributed by atoms with Crippen LogP contribution in [-0.4, -0.2) is 20.8 Å². The fourth-order valence-electron chi connectivity index (χ4n) is 1.35. The molecule has 0 spiro atoms. The Hall–Kier alpha value is -1.20. The van der Waals surface area contributed by atoms with Crippen LogP contribution in [0.25, 0.3) is 0 Å². The fraction of sp³-hybridized carbons (Fsp3) is 0.417. The standard InChI is InChI=1S/C12H16O4S/c1-3-4-11(9-13)16-17(14,15)12-7-5-10(2)6-8-12/h5-9,11H,3-4H2,1-2H3/t11-/m1/s1. The number of aryl methyl sites for hydroxylation is 1. The van der Waals surface area contributed by atoms with E-state index >= 15 is 0 Å². The molecule has 0 saturated heterocycles. The highest BCUT2D eigenvalue weighted by Crippen LogP contribution is 2.16. The second-order valence-corrected chi connectivity index (χ2v) is 5.40. The second-order valence-electron chi connectivity index (χ2n) is 3.83. The first-order valence-corrected chi connectivity index (χ1v) is 6.85. The van der Waals surface area contributed by atoms with Crippen molar-refractivity contribution in [3.05, 3.63) is 29.8 Å². The number of hydrogen-bond donors (Lipinski definition) is 0. The highest BCUT2D eigenvalue weighted by Gasteiger charge is 2.20. The van der Waals surface area contributed by atoms with Crippen LogP contribution in [0.3, 0.4) is 0 Å². The molecule has 0 aliphatic heterocycles. The van der Waals surface area contributed by atoms with Gasteiger partial charge in [0.15, 0.2) is 0 Å². The van der Waals surface area contributed by atoms with Gasteiger partial charge in [0, 0.05) is 0 Å². The van der Waals surface area contributed by atoms with Gasteiger partial charge >= 0.3 is 0 Å². The van der Waals surface area contributed by atoms with Gasteiger partial charge in [-0.05, 0) is 25.5 Å². The van der Waals surface area contributed by atoms with Crippen LogP contribution < -0.4 is 0 Å². The average Bonchev–Trinajstić information content (AvgIpc) is 2.28. The summed E-state index contributed by atoms with van der Waals surface area (Å²) in [6.07, 6.45) is 0.711. The molecule has 0 aromatic heterocycles. The van der Waals surface area contributed by atoms with Gasteiger partial charge in [-0.1, -0.05) is 31.0 Å². The molecular formula is C12H16O4S. The highest BCUT2D eigenvalue weighted by atomic mass is 32.2. The molecule has 0 N–H and O–H groups in total. The van der Waals surface area contributed by atoms with Gasteiger partial charge in [-0.25, -0.2) is 0 Å². The first-order valence-electron chi connectivity index (χ1n) is 5.45. The lowest BCUT2D eigenvalue weighted by Gasteiger charge is -2.10. The zero-order chi connectivity index (χ0) is 12.9. The lowest BCUT2D eigenvalue weighted by molar-refractivity contribution is -0.113. The third-order valence-corrected chi connectivity index (χ3v) is 3.63. The second kappa shape index (κ2) is 5.93. The molecule has 0 heterocycles. The molecule has 0 fully saturated rings. The summed E-state index contributed by atoms with van der Waals surface area (Å²) in [7, 11) is -3.84. The van der Waals surface area contributed by atoms with E-state index in [2.05, 4.69) is 0 Å². The number of aldehydes is 1. The molecule has 1 aromatic carbocycles. The Kier molecular flexibility index (Phi) is 4.84. The molecule has 5 heteroatoms. The van der Waals surface area contributed by atoms with Crippen LogP contribution in [0.4, 0.5) is 0 Å². The molecule has 0 saturated carbocycles. The minimum absolute atomic E-state index is 0.0750. The van der Waals surface area contributed by atoms with Crippen molar-refractivity contribution in [2.45, 2.75) is 37.7 Å². The lowest BCUT2D eigenvalue weighted by Crippen LogP contribution is -2.19. The molecule has 0 radical (unpaired) electrons. The minimum Gasteiger partial charge on any atom is -0.300 e. The molecule has 0 aliphatic carbocycles. The molecule has 1 aromatic rings. The van der Waals surface area contributed by atoms with E-state index in [0.717, 1.165) is 5.56 Å². The van der Waals surface area contributed by atoms with Crippen LogP contribution in [-0.2, 0) is 19.1 Å². The van der Waals surface area contributed by atoms with Gasteiger partial charge in [-0.15, -0.1) is 0 Å². The summed E-state index contributed by atoms with van der Waals surface area (Å²) in [6.45, 7) is 3.72. The SMILES string of the molecule is CCC[C@H](C=O)OS(=O)(=O)c1ccc(C)cc1. The van der Waals surface area contributed by atoms with E-state index in [4.69, 9.17) is 4.18 Å². The summed E-state index contributed by atoms with van der Waals surface area (Å²) in [4.78, 5) is 10.7. The van der Waals surface area contributed by atoms with Crippen LogP contribution in [0, 0.1) is 6.92 Å². The average molecular weight is 256 g/mol. The zero-order valence-electron chi connectivity index (χ0n) is 9.92. The molecule has 17 heavy (non-hydrogen) atoms. The van der Waals surface area contributed by atoms with Crippen molar-refractivity contribution in [2.75, 3.05) is 0 Å². The largest absolute Gasteiger partial charge is 0.300 e. The van der Waals surface area contributed by atoms with E-state index < -0.39 is 16.2 Å². The van der Waals surface area contributed by atoms with Crippen molar-refractivity contribution in [3.8, 4) is 0 Å². The Morgan fingerprint density at radius 1 is 1.29 bits per heavy atom. The maximum Gasteiger partial charge on any atom is 0.297 e. The van der Waals surface area contributed by atoms with Gasteiger partial charge in [0.1, 0.15) is 12.4 Å². The Labute approximate surface area is 102 Å². The van der Waals surface area contributed by atoms with Crippen molar-refractivity contribution in [1.29, 1.82) is 0 Å². The summed E-state index contributed by atoms with van der Waals surface area (Å²) in [5.74, 6) is 0. The lowest BCUT2D eigenvalue weighted by atomic mass is 10.2. The monoisotopic (exact) mass is 256 g/mol. The Bertz CT molecular complexity index is 462. The van der Waals surface area contributed by atoms with Crippen LogP contribution in [0.5, 0.6) is 0 Å². The summed E-state index contributed by atoms with van der Waals surface area (Å²) in [5.41, 5.74) is 0.962. The van der Waals surface area contributed by atoms with Crippen LogP contribution >= 0.6 is 0 Å². The number of carbonyl (C=O) groups is 1. The predicted molar refractivity (Wildman–Crippen MR) is 64.2 cm³/mol. The summed E-state index contributed by atoms with van der Waals surface area (Å²) >= 11 is 0. The number of carbonyl (C=O) groups excluding carboxylic acids is 1. The van der Waals surface area contributed by atoms with E-state index in [1.165, 1.54) is 12.1 Å². The van der Waals surface area contributed by atoms with E-state index in [9.17, 15) is 13.2 Å². The van der Waals surface area contributed by atoms with Gasteiger partial charge in [-0.3, -0.25) is 4.18 Å². The number of rotatable bonds is 6. The van der Waals surface area contributed by atoms with Crippen LogP contribution in [0.2, 0.25) is 0 Å². The smallest absolute Gasteiger partial charge is 0.297 e. The van der Waals surface area contributed by atoms with Crippen molar-refractivity contribution >= 4 is 16.4 Å². The summed E-state index contributed by atoms with van der Waals surface area (Å²) < 4.78 is 28.5. The normalized spacial score (nSPS) is 13.3. The maximum absolute atomic E-state index is 11.8.